The second kappa shape index (κ2) is 9.93. The molecule has 0 bridgehead atoms. The SMILES string of the molecule is CCCP(=O)(CCOCCOCC(C)(C)C)OCC. The molecular weight excluding hydrogens is 263 g/mol. The molecule has 0 fully saturated rings. The Hall–Kier alpha value is 0.110. The summed E-state index contributed by atoms with van der Waals surface area (Å²) in [4.78, 5) is 0. The van der Waals surface area contributed by atoms with Crippen LogP contribution in [0.25, 0.3) is 0 Å². The van der Waals surface area contributed by atoms with Gasteiger partial charge in [0.05, 0.1) is 33.0 Å². The van der Waals surface area contributed by atoms with Crippen molar-refractivity contribution in [1.82, 2.24) is 0 Å². The summed E-state index contributed by atoms with van der Waals surface area (Å²) in [6.07, 6.45) is 2.03. The Morgan fingerprint density at radius 2 is 1.58 bits per heavy atom. The van der Waals surface area contributed by atoms with Crippen molar-refractivity contribution >= 4 is 7.37 Å². The maximum atomic E-state index is 12.3. The average molecular weight is 294 g/mol. The zero-order valence-corrected chi connectivity index (χ0v) is 14.1. The van der Waals surface area contributed by atoms with E-state index in [0.717, 1.165) is 13.0 Å². The van der Waals surface area contributed by atoms with Gasteiger partial charge in [-0.25, -0.2) is 0 Å². The van der Waals surface area contributed by atoms with Crippen LogP contribution in [-0.2, 0) is 18.6 Å². The summed E-state index contributed by atoms with van der Waals surface area (Å²) in [5.41, 5.74) is 0.186. The third-order valence-electron chi connectivity index (χ3n) is 2.41. The second-order valence-corrected chi connectivity index (χ2v) is 8.69. The molecule has 5 heteroatoms. The largest absolute Gasteiger partial charge is 0.379 e. The summed E-state index contributed by atoms with van der Waals surface area (Å²) >= 11 is 0. The molecule has 0 spiro atoms. The topological polar surface area (TPSA) is 44.8 Å². The number of hydrogen-bond donors (Lipinski definition) is 0. The van der Waals surface area contributed by atoms with Crippen molar-refractivity contribution in [2.24, 2.45) is 5.41 Å². The molecule has 0 N–H and O–H groups in total. The summed E-state index contributed by atoms with van der Waals surface area (Å²) in [7, 11) is -2.47. The van der Waals surface area contributed by atoms with Crippen LogP contribution in [0.15, 0.2) is 0 Å². The maximum absolute atomic E-state index is 12.3. The summed E-state index contributed by atoms with van der Waals surface area (Å²) in [5, 5.41) is 0. The van der Waals surface area contributed by atoms with Crippen LogP contribution < -0.4 is 0 Å². The molecule has 0 amide bonds. The van der Waals surface area contributed by atoms with Gasteiger partial charge in [0, 0.05) is 12.3 Å². The van der Waals surface area contributed by atoms with Crippen molar-refractivity contribution < 1.29 is 18.6 Å². The van der Waals surface area contributed by atoms with Crippen LogP contribution in [0.3, 0.4) is 0 Å². The molecule has 0 saturated heterocycles. The smallest absolute Gasteiger partial charge is 0.205 e. The fourth-order valence-corrected chi connectivity index (χ4v) is 3.66. The molecule has 0 saturated carbocycles. The van der Waals surface area contributed by atoms with Gasteiger partial charge in [-0.05, 0) is 18.8 Å². The molecule has 19 heavy (non-hydrogen) atoms. The Morgan fingerprint density at radius 1 is 0.947 bits per heavy atom. The Bertz CT molecular complexity index is 251. The zero-order chi connectivity index (χ0) is 14.8. The molecule has 0 aliphatic rings. The highest BCUT2D eigenvalue weighted by Gasteiger charge is 2.20. The third-order valence-corrected chi connectivity index (χ3v) is 5.13. The molecule has 0 rings (SSSR count). The highest BCUT2D eigenvalue weighted by Crippen LogP contribution is 2.46. The quantitative estimate of drug-likeness (QED) is 0.429. The van der Waals surface area contributed by atoms with Crippen LogP contribution in [0.4, 0.5) is 0 Å². The van der Waals surface area contributed by atoms with Gasteiger partial charge in [0.1, 0.15) is 0 Å². The van der Waals surface area contributed by atoms with E-state index in [1.807, 2.05) is 13.8 Å². The maximum Gasteiger partial charge on any atom is 0.205 e. The average Bonchev–Trinajstić information content (AvgIpc) is 2.27. The Morgan fingerprint density at radius 3 is 2.11 bits per heavy atom. The minimum Gasteiger partial charge on any atom is -0.379 e. The molecule has 0 aliphatic carbocycles. The lowest BCUT2D eigenvalue weighted by Crippen LogP contribution is -2.17. The lowest BCUT2D eigenvalue weighted by atomic mass is 9.99. The molecule has 116 valence electrons. The van der Waals surface area contributed by atoms with Gasteiger partial charge in [-0.15, -0.1) is 0 Å². The van der Waals surface area contributed by atoms with Crippen LogP contribution in [0, 0.1) is 5.41 Å². The molecule has 1 unspecified atom stereocenters. The van der Waals surface area contributed by atoms with Crippen LogP contribution in [0.2, 0.25) is 0 Å². The zero-order valence-electron chi connectivity index (χ0n) is 13.2. The van der Waals surface area contributed by atoms with E-state index in [1.165, 1.54) is 0 Å². The number of ether oxygens (including phenoxy) is 2. The van der Waals surface area contributed by atoms with E-state index in [2.05, 4.69) is 20.8 Å². The molecule has 0 aromatic carbocycles. The lowest BCUT2D eigenvalue weighted by molar-refractivity contribution is 0.0227. The van der Waals surface area contributed by atoms with Crippen molar-refractivity contribution in [3.63, 3.8) is 0 Å². The van der Waals surface area contributed by atoms with E-state index in [4.69, 9.17) is 14.0 Å². The number of hydrogen-bond acceptors (Lipinski definition) is 4. The van der Waals surface area contributed by atoms with E-state index in [-0.39, 0.29) is 5.41 Å². The van der Waals surface area contributed by atoms with Gasteiger partial charge < -0.3 is 14.0 Å². The van der Waals surface area contributed by atoms with Crippen LogP contribution in [0.5, 0.6) is 0 Å². The van der Waals surface area contributed by atoms with Gasteiger partial charge in [-0.3, -0.25) is 4.57 Å². The highest BCUT2D eigenvalue weighted by atomic mass is 31.2. The Balaban J connectivity index is 3.64. The van der Waals surface area contributed by atoms with Gasteiger partial charge in [0.15, 0.2) is 0 Å². The molecule has 0 aromatic rings. The molecule has 4 nitrogen and oxygen atoms in total. The lowest BCUT2D eigenvalue weighted by Gasteiger charge is -2.18. The first kappa shape index (κ1) is 19.1. The predicted molar refractivity (Wildman–Crippen MR) is 80.4 cm³/mol. The highest BCUT2D eigenvalue weighted by molar-refractivity contribution is 7.59. The summed E-state index contributed by atoms with van der Waals surface area (Å²) < 4.78 is 28.6. The van der Waals surface area contributed by atoms with Gasteiger partial charge in [0.25, 0.3) is 0 Å². The van der Waals surface area contributed by atoms with E-state index in [9.17, 15) is 4.57 Å². The van der Waals surface area contributed by atoms with Gasteiger partial charge >= 0.3 is 0 Å². The monoisotopic (exact) mass is 294 g/mol. The van der Waals surface area contributed by atoms with Crippen molar-refractivity contribution in [2.45, 2.75) is 41.0 Å². The van der Waals surface area contributed by atoms with Gasteiger partial charge in [-0.1, -0.05) is 27.7 Å². The first-order valence-corrected chi connectivity index (χ1v) is 9.20. The molecule has 0 heterocycles. The first-order chi connectivity index (χ1) is 8.83. The first-order valence-electron chi connectivity index (χ1n) is 7.21. The summed E-state index contributed by atoms with van der Waals surface area (Å²) in [6, 6.07) is 0. The Kier molecular flexibility index (Phi) is 9.98. The minimum atomic E-state index is -2.47. The van der Waals surface area contributed by atoms with Gasteiger partial charge in [-0.2, -0.15) is 0 Å². The van der Waals surface area contributed by atoms with E-state index in [0.29, 0.717) is 38.8 Å². The molecular formula is C14H31O4P. The van der Waals surface area contributed by atoms with E-state index >= 15 is 0 Å². The normalized spacial score (nSPS) is 15.4. The third kappa shape index (κ3) is 11.6. The predicted octanol–water partition coefficient (Wildman–Crippen LogP) is 3.79. The minimum absolute atomic E-state index is 0.186. The van der Waals surface area contributed by atoms with E-state index in [1.54, 1.807) is 0 Å². The second-order valence-electron chi connectivity index (χ2n) is 5.91. The van der Waals surface area contributed by atoms with Crippen molar-refractivity contribution in [1.29, 1.82) is 0 Å². The fraction of sp³-hybridized carbons (Fsp3) is 1.00. The van der Waals surface area contributed by atoms with Crippen LogP contribution >= 0.6 is 7.37 Å². The fourth-order valence-electron chi connectivity index (χ4n) is 1.62. The van der Waals surface area contributed by atoms with Crippen LogP contribution in [-0.4, -0.2) is 45.4 Å². The Labute approximate surface area is 118 Å². The van der Waals surface area contributed by atoms with Crippen molar-refractivity contribution in [3.05, 3.63) is 0 Å². The van der Waals surface area contributed by atoms with Crippen LogP contribution in [0.1, 0.15) is 41.0 Å². The molecule has 0 aliphatic heterocycles. The molecule has 0 aromatic heterocycles. The molecule has 1 atom stereocenters. The van der Waals surface area contributed by atoms with Gasteiger partial charge in [0.2, 0.25) is 7.37 Å². The van der Waals surface area contributed by atoms with Crippen molar-refractivity contribution in [2.75, 3.05) is 45.4 Å². The standard InChI is InChI=1S/C14H31O4P/c1-6-11-19(15,18-7-2)12-10-16-8-9-17-13-14(3,4)5/h6-13H2,1-5H3. The number of rotatable bonds is 11. The van der Waals surface area contributed by atoms with Crippen molar-refractivity contribution in [3.8, 4) is 0 Å². The van der Waals surface area contributed by atoms with E-state index < -0.39 is 7.37 Å². The summed E-state index contributed by atoms with van der Waals surface area (Å²) in [6.45, 7) is 13.2. The summed E-state index contributed by atoms with van der Waals surface area (Å²) in [5.74, 6) is 0. The molecule has 0 radical (unpaired) electrons.